The molecule has 0 aliphatic heterocycles. The predicted octanol–water partition coefficient (Wildman–Crippen LogP) is 0.607. The molecular weight excluding hydrogens is 200 g/mol. The molecule has 0 aliphatic carbocycles. The minimum Gasteiger partial charge on any atom is -0.191 e. The van der Waals surface area contributed by atoms with Crippen LogP contribution in [0.15, 0.2) is 0 Å². The molecule has 0 bridgehead atoms. The van der Waals surface area contributed by atoms with Crippen LogP contribution in [0.2, 0.25) is 0 Å². The first-order chi connectivity index (χ1) is 6.72. The zero-order chi connectivity index (χ0) is 10.1. The minimum atomic E-state index is 0.317. The molecule has 0 aromatic carbocycles. The number of aryl methyl sites for hydroxylation is 1. The molecule has 0 fully saturated rings. The third-order valence-corrected chi connectivity index (χ3v) is 2.51. The summed E-state index contributed by atoms with van der Waals surface area (Å²) in [6.07, 6.45) is 0. The van der Waals surface area contributed by atoms with E-state index in [1.807, 2.05) is 13.0 Å². The van der Waals surface area contributed by atoms with Crippen LogP contribution in [0.5, 0.6) is 0 Å². The summed E-state index contributed by atoms with van der Waals surface area (Å²) in [5.41, 5.74) is 1.00. The molecule has 0 radical (unpaired) electrons. The molecule has 14 heavy (non-hydrogen) atoms. The molecule has 0 saturated carbocycles. The van der Waals surface area contributed by atoms with E-state index in [2.05, 4.69) is 20.5 Å². The number of aromatic nitrogens is 5. The van der Waals surface area contributed by atoms with Crippen molar-refractivity contribution in [2.24, 2.45) is 0 Å². The van der Waals surface area contributed by atoms with E-state index in [1.165, 1.54) is 16.0 Å². The van der Waals surface area contributed by atoms with Crippen molar-refractivity contribution in [2.75, 3.05) is 0 Å². The Kier molecular flexibility index (Phi) is 1.98. The Labute approximate surface area is 83.8 Å². The van der Waals surface area contributed by atoms with Crippen LogP contribution in [-0.2, 0) is 0 Å². The van der Waals surface area contributed by atoms with Crippen LogP contribution in [0, 0.1) is 25.2 Å². The minimum absolute atomic E-state index is 0.317. The van der Waals surface area contributed by atoms with Crippen LogP contribution in [0.1, 0.15) is 16.4 Å². The largest absolute Gasteiger partial charge is 0.234 e. The maximum Gasteiger partial charge on any atom is 0.234 e. The number of nitriles is 1. The van der Waals surface area contributed by atoms with Crippen molar-refractivity contribution in [3.8, 4) is 11.2 Å². The fourth-order valence-corrected chi connectivity index (χ4v) is 1.67. The molecule has 2 heterocycles. The average Bonchev–Trinajstić information content (AvgIpc) is 2.72. The van der Waals surface area contributed by atoms with Crippen LogP contribution in [0.25, 0.3) is 5.13 Å². The van der Waals surface area contributed by atoms with E-state index in [-0.39, 0.29) is 0 Å². The van der Waals surface area contributed by atoms with Gasteiger partial charge in [0, 0.05) is 0 Å². The second-order valence-corrected chi connectivity index (χ2v) is 3.81. The van der Waals surface area contributed by atoms with E-state index >= 15 is 0 Å². The lowest BCUT2D eigenvalue weighted by atomic mass is 10.4. The number of hydrogen-bond donors (Lipinski definition) is 0. The van der Waals surface area contributed by atoms with Crippen LogP contribution in [0.4, 0.5) is 0 Å². The molecule has 2 aromatic heterocycles. The molecule has 70 valence electrons. The van der Waals surface area contributed by atoms with Crippen molar-refractivity contribution in [2.45, 2.75) is 13.8 Å². The molecule has 0 unspecified atom stereocenters. The van der Waals surface area contributed by atoms with Gasteiger partial charge in [0.25, 0.3) is 0 Å². The molecule has 0 amide bonds. The smallest absolute Gasteiger partial charge is 0.191 e. The van der Waals surface area contributed by atoms with Gasteiger partial charge in [0.15, 0.2) is 5.69 Å². The Morgan fingerprint density at radius 1 is 1.29 bits per heavy atom. The second-order valence-electron chi connectivity index (χ2n) is 2.65. The Hall–Kier alpha value is -1.81. The van der Waals surface area contributed by atoms with Crippen LogP contribution in [-0.4, -0.2) is 25.2 Å². The number of nitrogens with zero attached hydrogens (tertiary/aromatic N) is 6. The van der Waals surface area contributed by atoms with Crippen molar-refractivity contribution < 1.29 is 0 Å². The summed E-state index contributed by atoms with van der Waals surface area (Å²) < 4.78 is 1.52. The normalized spacial score (nSPS) is 10.1. The molecular formula is C7H6N6S. The average molecular weight is 206 g/mol. The van der Waals surface area contributed by atoms with E-state index in [1.54, 1.807) is 6.92 Å². The van der Waals surface area contributed by atoms with Gasteiger partial charge in [-0.15, -0.1) is 15.3 Å². The summed E-state index contributed by atoms with van der Waals surface area (Å²) in [5.74, 6) is 0. The standard InChI is InChI=1S/C7H6N6S/c1-4-6(3-8)10-12-13(4)7-11-9-5(2)14-7/h1-2H3. The van der Waals surface area contributed by atoms with Crippen molar-refractivity contribution in [1.82, 2.24) is 25.2 Å². The van der Waals surface area contributed by atoms with Crippen molar-refractivity contribution in [1.29, 1.82) is 5.26 Å². The lowest BCUT2D eigenvalue weighted by Gasteiger charge is -1.93. The van der Waals surface area contributed by atoms with Gasteiger partial charge in [-0.2, -0.15) is 9.94 Å². The van der Waals surface area contributed by atoms with E-state index in [9.17, 15) is 0 Å². The first-order valence-corrected chi connectivity index (χ1v) is 4.67. The first kappa shape index (κ1) is 8.77. The van der Waals surface area contributed by atoms with E-state index in [0.717, 1.165) is 5.01 Å². The van der Waals surface area contributed by atoms with Crippen LogP contribution in [0.3, 0.4) is 0 Å². The highest BCUT2D eigenvalue weighted by atomic mass is 32.1. The third-order valence-electron chi connectivity index (χ3n) is 1.70. The highest BCUT2D eigenvalue weighted by Gasteiger charge is 2.12. The van der Waals surface area contributed by atoms with Gasteiger partial charge < -0.3 is 0 Å². The predicted molar refractivity (Wildman–Crippen MR) is 49.0 cm³/mol. The van der Waals surface area contributed by atoms with E-state index < -0.39 is 0 Å². The molecule has 6 nitrogen and oxygen atoms in total. The van der Waals surface area contributed by atoms with Gasteiger partial charge >= 0.3 is 0 Å². The highest BCUT2D eigenvalue weighted by molar-refractivity contribution is 7.13. The number of hydrogen-bond acceptors (Lipinski definition) is 6. The highest BCUT2D eigenvalue weighted by Crippen LogP contribution is 2.15. The summed E-state index contributed by atoms with van der Waals surface area (Å²) in [5, 5.41) is 25.5. The molecule has 0 aliphatic rings. The lowest BCUT2D eigenvalue weighted by Crippen LogP contribution is -1.98. The van der Waals surface area contributed by atoms with Gasteiger partial charge in [0.1, 0.15) is 11.1 Å². The van der Waals surface area contributed by atoms with Crippen molar-refractivity contribution in [3.63, 3.8) is 0 Å². The van der Waals surface area contributed by atoms with E-state index in [4.69, 9.17) is 5.26 Å². The second kappa shape index (κ2) is 3.16. The Morgan fingerprint density at radius 2 is 2.07 bits per heavy atom. The van der Waals surface area contributed by atoms with Crippen molar-refractivity contribution in [3.05, 3.63) is 16.4 Å². The summed E-state index contributed by atoms with van der Waals surface area (Å²) in [7, 11) is 0. The maximum absolute atomic E-state index is 8.69. The quantitative estimate of drug-likeness (QED) is 0.682. The Bertz CT molecular complexity index is 504. The Morgan fingerprint density at radius 3 is 2.57 bits per heavy atom. The zero-order valence-corrected chi connectivity index (χ0v) is 8.41. The fourth-order valence-electron chi connectivity index (χ4n) is 0.986. The molecule has 0 N–H and O–H groups in total. The van der Waals surface area contributed by atoms with Gasteiger partial charge in [-0.05, 0) is 13.8 Å². The topological polar surface area (TPSA) is 80.3 Å². The lowest BCUT2D eigenvalue weighted by molar-refractivity contribution is 0.766. The molecule has 0 saturated heterocycles. The van der Waals surface area contributed by atoms with Gasteiger partial charge in [0.05, 0.1) is 5.69 Å². The first-order valence-electron chi connectivity index (χ1n) is 3.85. The maximum atomic E-state index is 8.69. The van der Waals surface area contributed by atoms with Crippen molar-refractivity contribution >= 4 is 11.3 Å². The third kappa shape index (κ3) is 1.25. The van der Waals surface area contributed by atoms with Gasteiger partial charge in [-0.1, -0.05) is 16.6 Å². The molecule has 0 spiro atoms. The number of rotatable bonds is 1. The summed E-state index contributed by atoms with van der Waals surface area (Å²) in [4.78, 5) is 0. The summed E-state index contributed by atoms with van der Waals surface area (Å²) >= 11 is 1.41. The monoisotopic (exact) mass is 206 g/mol. The molecule has 0 atom stereocenters. The van der Waals surface area contributed by atoms with Crippen LogP contribution >= 0.6 is 11.3 Å². The SMILES string of the molecule is Cc1nnc(-n2nnc(C#N)c2C)s1. The summed E-state index contributed by atoms with van der Waals surface area (Å²) in [6, 6.07) is 1.95. The van der Waals surface area contributed by atoms with Crippen LogP contribution < -0.4 is 0 Å². The summed E-state index contributed by atoms with van der Waals surface area (Å²) in [6.45, 7) is 3.63. The Balaban J connectivity index is 2.53. The molecule has 7 heteroatoms. The van der Waals surface area contributed by atoms with E-state index in [0.29, 0.717) is 16.5 Å². The van der Waals surface area contributed by atoms with Gasteiger partial charge in [-0.3, -0.25) is 0 Å². The zero-order valence-electron chi connectivity index (χ0n) is 7.59. The van der Waals surface area contributed by atoms with Gasteiger partial charge in [-0.25, -0.2) is 0 Å². The van der Waals surface area contributed by atoms with Gasteiger partial charge in [0.2, 0.25) is 5.13 Å². The molecule has 2 rings (SSSR count). The fraction of sp³-hybridized carbons (Fsp3) is 0.286. The molecule has 2 aromatic rings.